The van der Waals surface area contributed by atoms with E-state index in [1.807, 2.05) is 0 Å². The number of amides is 1. The topological polar surface area (TPSA) is 69.4 Å². The van der Waals surface area contributed by atoms with Crippen LogP contribution in [0.5, 0.6) is 0 Å². The van der Waals surface area contributed by atoms with Gasteiger partial charge in [0.2, 0.25) is 0 Å². The van der Waals surface area contributed by atoms with Gasteiger partial charge in [0.05, 0.1) is 24.2 Å². The number of hydrogen-bond donors (Lipinski definition) is 0. The fraction of sp³-hybridized carbons (Fsp3) is 0.375. The maximum Gasteiger partial charge on any atom is 0.422 e. The van der Waals surface area contributed by atoms with Gasteiger partial charge in [-0.1, -0.05) is 0 Å². The summed E-state index contributed by atoms with van der Waals surface area (Å²) < 4.78 is 75.4. The standard InChI is InChI=1S/C24H21F5N4O3/c1-13-10-32(12-30-13)18-3-4-19-22(34)31(6-7-33(19)23(18)35)11-15-2-5-20(36-15)14-8-16(25)21(17(26)9-14)24(27,28)29/h3-4,8-10,12,15,20H,2,5-7,11H2,1H3/t15-,20?/m0/s1. The summed E-state index contributed by atoms with van der Waals surface area (Å²) in [5.41, 5.74) is -0.922. The molecule has 4 heterocycles. The summed E-state index contributed by atoms with van der Waals surface area (Å²) in [6.07, 6.45) is -2.39. The number of rotatable bonds is 4. The number of carbonyl (C=O) groups excluding carboxylic acids is 1. The van der Waals surface area contributed by atoms with E-state index in [1.165, 1.54) is 15.8 Å². The van der Waals surface area contributed by atoms with Gasteiger partial charge in [-0.15, -0.1) is 0 Å². The average Bonchev–Trinajstić information content (AvgIpc) is 3.44. The molecule has 1 fully saturated rings. The van der Waals surface area contributed by atoms with Crippen molar-refractivity contribution in [3.05, 3.63) is 81.3 Å². The van der Waals surface area contributed by atoms with E-state index in [2.05, 4.69) is 4.98 Å². The predicted molar refractivity (Wildman–Crippen MR) is 117 cm³/mol. The summed E-state index contributed by atoms with van der Waals surface area (Å²) in [4.78, 5) is 31.7. The molecule has 7 nitrogen and oxygen atoms in total. The number of nitrogens with zero attached hydrogens (tertiary/aromatic N) is 4. The molecule has 0 aliphatic carbocycles. The van der Waals surface area contributed by atoms with Crippen LogP contribution >= 0.6 is 0 Å². The smallest absolute Gasteiger partial charge is 0.368 e. The molecule has 1 amide bonds. The van der Waals surface area contributed by atoms with Crippen molar-refractivity contribution >= 4 is 5.91 Å². The average molecular weight is 508 g/mol. The van der Waals surface area contributed by atoms with Crippen molar-refractivity contribution < 1.29 is 31.5 Å². The molecule has 0 saturated carbocycles. The zero-order valence-corrected chi connectivity index (χ0v) is 19.1. The van der Waals surface area contributed by atoms with Crippen LogP contribution in [-0.2, 0) is 17.5 Å². The highest BCUT2D eigenvalue weighted by atomic mass is 19.4. The molecule has 2 aromatic heterocycles. The molecule has 0 N–H and O–H groups in total. The molecule has 12 heteroatoms. The number of carbonyl (C=O) groups is 1. The number of hydrogen-bond acceptors (Lipinski definition) is 4. The fourth-order valence-corrected chi connectivity index (χ4v) is 4.76. The maximum atomic E-state index is 14.0. The van der Waals surface area contributed by atoms with Gasteiger partial charge in [-0.2, -0.15) is 13.2 Å². The van der Waals surface area contributed by atoms with Crippen LogP contribution in [0.15, 0.2) is 41.6 Å². The van der Waals surface area contributed by atoms with Crippen molar-refractivity contribution in [3.63, 3.8) is 0 Å². The van der Waals surface area contributed by atoms with E-state index in [1.54, 1.807) is 29.8 Å². The Balaban J connectivity index is 1.29. The van der Waals surface area contributed by atoms with E-state index in [4.69, 9.17) is 4.74 Å². The van der Waals surface area contributed by atoms with Crippen molar-refractivity contribution in [2.24, 2.45) is 0 Å². The molecule has 1 unspecified atom stereocenters. The monoisotopic (exact) mass is 508 g/mol. The lowest BCUT2D eigenvalue weighted by Crippen LogP contribution is -2.47. The largest absolute Gasteiger partial charge is 0.422 e. The Morgan fingerprint density at radius 3 is 2.44 bits per heavy atom. The number of ether oxygens (including phenoxy) is 1. The Hall–Kier alpha value is -3.54. The molecule has 0 spiro atoms. The molecule has 2 aliphatic heterocycles. The van der Waals surface area contributed by atoms with Gasteiger partial charge in [-0.25, -0.2) is 13.8 Å². The van der Waals surface area contributed by atoms with Crippen LogP contribution in [-0.4, -0.2) is 44.1 Å². The lowest BCUT2D eigenvalue weighted by Gasteiger charge is -2.31. The Morgan fingerprint density at radius 2 is 1.81 bits per heavy atom. The first-order valence-corrected chi connectivity index (χ1v) is 11.3. The molecule has 0 radical (unpaired) electrons. The lowest BCUT2D eigenvalue weighted by molar-refractivity contribution is -0.142. The number of aryl methyl sites for hydroxylation is 1. The minimum absolute atomic E-state index is 0.0235. The first-order chi connectivity index (χ1) is 17.0. The van der Waals surface area contributed by atoms with Gasteiger partial charge < -0.3 is 18.8 Å². The molecule has 1 aromatic carbocycles. The summed E-state index contributed by atoms with van der Waals surface area (Å²) in [6, 6.07) is 4.43. The summed E-state index contributed by atoms with van der Waals surface area (Å²) >= 11 is 0. The van der Waals surface area contributed by atoms with Crippen LogP contribution in [0.4, 0.5) is 22.0 Å². The Labute approximate surface area is 201 Å². The number of alkyl halides is 3. The normalized spacial score (nSPS) is 20.2. The van der Waals surface area contributed by atoms with Crippen molar-refractivity contribution in [3.8, 4) is 5.69 Å². The van der Waals surface area contributed by atoms with E-state index in [0.29, 0.717) is 30.7 Å². The van der Waals surface area contributed by atoms with Crippen LogP contribution in [0, 0.1) is 18.6 Å². The van der Waals surface area contributed by atoms with Crippen LogP contribution in [0.25, 0.3) is 5.69 Å². The van der Waals surface area contributed by atoms with Crippen molar-refractivity contribution in [2.45, 2.75) is 44.7 Å². The molecule has 36 heavy (non-hydrogen) atoms. The van der Waals surface area contributed by atoms with E-state index in [0.717, 1.165) is 5.69 Å². The molecule has 2 atom stereocenters. The van der Waals surface area contributed by atoms with Crippen LogP contribution in [0.1, 0.15) is 46.3 Å². The minimum Gasteiger partial charge on any atom is -0.368 e. The second-order valence-corrected chi connectivity index (χ2v) is 8.92. The first kappa shape index (κ1) is 24.2. The third-order valence-corrected chi connectivity index (χ3v) is 6.50. The van der Waals surface area contributed by atoms with Gasteiger partial charge in [-0.05, 0) is 49.6 Å². The third kappa shape index (κ3) is 4.29. The number of halogens is 5. The van der Waals surface area contributed by atoms with Gasteiger partial charge in [0.15, 0.2) is 0 Å². The minimum atomic E-state index is -5.14. The molecule has 190 valence electrons. The highest BCUT2D eigenvalue weighted by Crippen LogP contribution is 2.38. The Kier molecular flexibility index (Phi) is 5.93. The highest BCUT2D eigenvalue weighted by Gasteiger charge is 2.39. The molecule has 5 rings (SSSR count). The van der Waals surface area contributed by atoms with Gasteiger partial charge >= 0.3 is 6.18 Å². The lowest BCUT2D eigenvalue weighted by atomic mass is 10.0. The number of imidazole rings is 1. The predicted octanol–water partition coefficient (Wildman–Crippen LogP) is 4.02. The van der Waals surface area contributed by atoms with Crippen LogP contribution in [0.2, 0.25) is 0 Å². The fourth-order valence-electron chi connectivity index (χ4n) is 4.76. The summed E-state index contributed by atoms with van der Waals surface area (Å²) in [7, 11) is 0. The van der Waals surface area contributed by atoms with Gasteiger partial charge in [-0.3, -0.25) is 9.59 Å². The SMILES string of the molecule is Cc1cn(-c2ccc3n(c2=O)CCN(C[C@@H]2CCC(c4cc(F)c(C(F)(F)F)c(F)c4)O2)C3=O)cn1. The van der Waals surface area contributed by atoms with Crippen molar-refractivity contribution in [1.82, 2.24) is 19.0 Å². The van der Waals surface area contributed by atoms with E-state index >= 15 is 0 Å². The quantitative estimate of drug-likeness (QED) is 0.500. The van der Waals surface area contributed by atoms with Crippen molar-refractivity contribution in [2.75, 3.05) is 13.1 Å². The number of aromatic nitrogens is 3. The van der Waals surface area contributed by atoms with Gasteiger partial charge in [0.1, 0.15) is 28.6 Å². The maximum absolute atomic E-state index is 14.0. The van der Waals surface area contributed by atoms with Crippen LogP contribution in [0.3, 0.4) is 0 Å². The summed E-state index contributed by atoms with van der Waals surface area (Å²) in [6.45, 7) is 2.50. The summed E-state index contributed by atoms with van der Waals surface area (Å²) in [5.74, 6) is -3.74. The van der Waals surface area contributed by atoms with E-state index in [9.17, 15) is 31.5 Å². The molecular formula is C24H21F5N4O3. The van der Waals surface area contributed by atoms with Crippen molar-refractivity contribution in [1.29, 1.82) is 0 Å². The highest BCUT2D eigenvalue weighted by molar-refractivity contribution is 5.93. The zero-order valence-electron chi connectivity index (χ0n) is 19.1. The van der Waals surface area contributed by atoms with E-state index < -0.39 is 35.6 Å². The first-order valence-electron chi connectivity index (χ1n) is 11.3. The molecule has 1 saturated heterocycles. The molecular weight excluding hydrogens is 487 g/mol. The Morgan fingerprint density at radius 1 is 1.08 bits per heavy atom. The van der Waals surface area contributed by atoms with E-state index in [-0.39, 0.29) is 42.4 Å². The zero-order chi connectivity index (χ0) is 25.8. The number of fused-ring (bicyclic) bond motifs is 1. The second kappa shape index (κ2) is 8.84. The van der Waals surface area contributed by atoms with Crippen LogP contribution < -0.4 is 5.56 Å². The van der Waals surface area contributed by atoms with Gasteiger partial charge in [0, 0.05) is 25.8 Å². The molecule has 0 bridgehead atoms. The summed E-state index contributed by atoms with van der Waals surface area (Å²) in [5, 5.41) is 0. The number of benzene rings is 1. The number of pyridine rings is 1. The Bertz CT molecular complexity index is 1370. The third-order valence-electron chi connectivity index (χ3n) is 6.50. The molecule has 3 aromatic rings. The van der Waals surface area contributed by atoms with Gasteiger partial charge in [0.25, 0.3) is 11.5 Å². The second-order valence-electron chi connectivity index (χ2n) is 8.92. The molecule has 2 aliphatic rings.